The molecule has 5 nitrogen and oxygen atoms in total. The molecule has 1 N–H and O–H groups in total. The van der Waals surface area contributed by atoms with Gasteiger partial charge in [-0.2, -0.15) is 5.10 Å². The molecule has 0 aliphatic carbocycles. The van der Waals surface area contributed by atoms with Crippen molar-refractivity contribution in [2.24, 2.45) is 0 Å². The minimum absolute atomic E-state index is 0.155. The maximum Gasteiger partial charge on any atom is 0.256 e. The molecule has 0 atom stereocenters. The maximum absolute atomic E-state index is 12.6. The third-order valence-corrected chi connectivity index (χ3v) is 4.23. The molecule has 2 heterocycles. The summed E-state index contributed by atoms with van der Waals surface area (Å²) in [5.74, 6) is 6.23. The van der Waals surface area contributed by atoms with Gasteiger partial charge in [0.25, 0.3) is 5.91 Å². The van der Waals surface area contributed by atoms with Gasteiger partial charge in [-0.25, -0.2) is 0 Å². The Labute approximate surface area is 163 Å². The number of hydrogen-bond acceptors (Lipinski definition) is 3. The predicted octanol–water partition coefficient (Wildman–Crippen LogP) is 4.47. The van der Waals surface area contributed by atoms with Gasteiger partial charge in [0.15, 0.2) is 5.82 Å². The molecule has 27 heavy (non-hydrogen) atoms. The van der Waals surface area contributed by atoms with Crippen LogP contribution in [0.25, 0.3) is 0 Å². The van der Waals surface area contributed by atoms with Gasteiger partial charge in [0.05, 0.1) is 0 Å². The topological polar surface area (TPSA) is 59.8 Å². The molecule has 6 heteroatoms. The smallest absolute Gasteiger partial charge is 0.256 e. The van der Waals surface area contributed by atoms with Crippen molar-refractivity contribution < 1.29 is 4.79 Å². The zero-order valence-electron chi connectivity index (χ0n) is 15.3. The molecule has 0 saturated carbocycles. The Morgan fingerprint density at radius 2 is 2.07 bits per heavy atom. The molecule has 1 amide bonds. The highest BCUT2D eigenvalue weighted by Gasteiger charge is 2.14. The Morgan fingerprint density at radius 3 is 2.74 bits per heavy atom. The molecule has 3 rings (SSSR count). The van der Waals surface area contributed by atoms with Crippen LogP contribution < -0.4 is 5.32 Å². The van der Waals surface area contributed by atoms with Crippen LogP contribution in [0.3, 0.4) is 0 Å². The molecule has 0 bridgehead atoms. The monoisotopic (exact) mass is 378 g/mol. The van der Waals surface area contributed by atoms with Crippen molar-refractivity contribution in [2.45, 2.75) is 26.8 Å². The fraction of sp³-hybridized carbons (Fsp3) is 0.190. The van der Waals surface area contributed by atoms with E-state index in [0.29, 0.717) is 16.4 Å². The first-order chi connectivity index (χ1) is 12.9. The van der Waals surface area contributed by atoms with Crippen molar-refractivity contribution in [2.75, 3.05) is 5.32 Å². The molecule has 136 valence electrons. The first-order valence-electron chi connectivity index (χ1n) is 8.52. The van der Waals surface area contributed by atoms with Gasteiger partial charge in [0, 0.05) is 41.3 Å². The fourth-order valence-corrected chi connectivity index (χ4v) is 2.56. The molecule has 0 spiro atoms. The number of nitrogens with one attached hydrogen (secondary N) is 1. The minimum atomic E-state index is -0.282. The molecule has 0 unspecified atom stereocenters. The molecule has 0 saturated heterocycles. The number of amides is 1. The van der Waals surface area contributed by atoms with Crippen molar-refractivity contribution in [3.63, 3.8) is 0 Å². The summed E-state index contributed by atoms with van der Waals surface area (Å²) in [6, 6.07) is 9.27. The highest BCUT2D eigenvalue weighted by molar-refractivity contribution is 6.33. The Bertz CT molecular complexity index is 1030. The summed E-state index contributed by atoms with van der Waals surface area (Å²) >= 11 is 6.17. The number of hydrogen-bond donors (Lipinski definition) is 1. The zero-order chi connectivity index (χ0) is 19.4. The second-order valence-electron chi connectivity index (χ2n) is 6.37. The lowest BCUT2D eigenvalue weighted by Crippen LogP contribution is -2.13. The summed E-state index contributed by atoms with van der Waals surface area (Å²) in [6.45, 7) is 5.93. The van der Waals surface area contributed by atoms with Gasteiger partial charge < -0.3 is 5.32 Å². The minimum Gasteiger partial charge on any atom is -0.304 e. The van der Waals surface area contributed by atoms with E-state index in [-0.39, 0.29) is 11.9 Å². The number of pyridine rings is 1. The van der Waals surface area contributed by atoms with Crippen molar-refractivity contribution in [1.29, 1.82) is 0 Å². The number of nitrogens with zero attached hydrogens (tertiary/aromatic N) is 3. The van der Waals surface area contributed by atoms with Crippen molar-refractivity contribution in [3.8, 4) is 11.8 Å². The number of carbonyl (C=O) groups excluding carboxylic acids is 1. The van der Waals surface area contributed by atoms with Crippen LogP contribution in [0.2, 0.25) is 5.02 Å². The Balaban J connectivity index is 1.83. The van der Waals surface area contributed by atoms with Gasteiger partial charge >= 0.3 is 0 Å². The van der Waals surface area contributed by atoms with Crippen molar-refractivity contribution >= 4 is 23.3 Å². The van der Waals surface area contributed by atoms with E-state index < -0.39 is 0 Å². The Kier molecular flexibility index (Phi) is 5.58. The van der Waals surface area contributed by atoms with Crippen LogP contribution >= 0.6 is 11.6 Å². The van der Waals surface area contributed by atoms with Crippen molar-refractivity contribution in [1.82, 2.24) is 14.8 Å². The molecule has 0 fully saturated rings. The van der Waals surface area contributed by atoms with Crippen LogP contribution in [-0.4, -0.2) is 20.7 Å². The summed E-state index contributed by atoms with van der Waals surface area (Å²) < 4.78 is 1.71. The molecule has 2 aromatic heterocycles. The summed E-state index contributed by atoms with van der Waals surface area (Å²) in [4.78, 5) is 16.7. The van der Waals surface area contributed by atoms with E-state index in [9.17, 15) is 4.79 Å². The summed E-state index contributed by atoms with van der Waals surface area (Å²) in [5.41, 5.74) is 3.08. The first kappa shape index (κ1) is 18.7. The molecular formula is C21H19ClN4O. The summed E-state index contributed by atoms with van der Waals surface area (Å²) in [7, 11) is 0. The number of rotatable bonds is 3. The lowest BCUT2D eigenvalue weighted by atomic mass is 10.0. The van der Waals surface area contributed by atoms with E-state index in [2.05, 4.69) is 27.2 Å². The maximum atomic E-state index is 12.6. The van der Waals surface area contributed by atoms with Crippen LogP contribution in [0.4, 0.5) is 5.82 Å². The molecular weight excluding hydrogens is 360 g/mol. The predicted molar refractivity (Wildman–Crippen MR) is 107 cm³/mol. The van der Waals surface area contributed by atoms with Crippen LogP contribution in [0, 0.1) is 18.8 Å². The van der Waals surface area contributed by atoms with Crippen LogP contribution in [0.5, 0.6) is 0 Å². The van der Waals surface area contributed by atoms with E-state index in [1.54, 1.807) is 35.4 Å². The van der Waals surface area contributed by atoms with Gasteiger partial charge in [-0.05, 0) is 50.6 Å². The van der Waals surface area contributed by atoms with E-state index in [1.807, 2.05) is 39.0 Å². The van der Waals surface area contributed by atoms with Gasteiger partial charge in [-0.3, -0.25) is 14.5 Å². The van der Waals surface area contributed by atoms with Crippen molar-refractivity contribution in [3.05, 3.63) is 76.2 Å². The molecule has 3 aromatic rings. The number of carbonyl (C=O) groups is 1. The number of aromatic nitrogens is 3. The van der Waals surface area contributed by atoms with Crippen LogP contribution in [0.15, 0.2) is 48.9 Å². The molecule has 0 aliphatic rings. The Hall–Kier alpha value is -3.10. The van der Waals surface area contributed by atoms with Crippen LogP contribution in [-0.2, 0) is 0 Å². The van der Waals surface area contributed by atoms with E-state index in [1.165, 1.54) is 0 Å². The standard InChI is InChI=1S/C21H19ClN4O/c1-14(2)26-13-19(22)20(25-26)24-21(27)18-8-6-15(3)17(11-18)9-7-16-5-4-10-23-12-16/h4-6,8,10-14H,1-3H3,(H,24,25,27). The van der Waals surface area contributed by atoms with Gasteiger partial charge in [-0.15, -0.1) is 0 Å². The molecule has 0 radical (unpaired) electrons. The van der Waals surface area contributed by atoms with E-state index in [0.717, 1.165) is 16.7 Å². The SMILES string of the molecule is Cc1ccc(C(=O)Nc2nn(C(C)C)cc2Cl)cc1C#Cc1cccnc1. The highest BCUT2D eigenvalue weighted by atomic mass is 35.5. The largest absolute Gasteiger partial charge is 0.304 e. The lowest BCUT2D eigenvalue weighted by Gasteiger charge is -2.06. The van der Waals surface area contributed by atoms with E-state index >= 15 is 0 Å². The van der Waals surface area contributed by atoms with Crippen LogP contribution in [0.1, 0.15) is 46.9 Å². The molecule has 0 aliphatic heterocycles. The summed E-state index contributed by atoms with van der Waals surface area (Å²) in [5, 5.41) is 7.47. The summed E-state index contributed by atoms with van der Waals surface area (Å²) in [6.07, 6.45) is 5.10. The highest BCUT2D eigenvalue weighted by Crippen LogP contribution is 2.22. The number of halogens is 1. The normalized spacial score (nSPS) is 10.4. The number of aryl methyl sites for hydroxylation is 1. The fourth-order valence-electron chi connectivity index (χ4n) is 2.37. The van der Waals surface area contributed by atoms with Gasteiger partial charge in [0.2, 0.25) is 0 Å². The molecule has 1 aromatic carbocycles. The lowest BCUT2D eigenvalue weighted by molar-refractivity contribution is 0.102. The van der Waals surface area contributed by atoms with E-state index in [4.69, 9.17) is 11.6 Å². The Morgan fingerprint density at radius 1 is 1.26 bits per heavy atom. The zero-order valence-corrected chi connectivity index (χ0v) is 16.1. The van der Waals surface area contributed by atoms with Gasteiger partial charge in [0.1, 0.15) is 5.02 Å². The average molecular weight is 379 g/mol. The second-order valence-corrected chi connectivity index (χ2v) is 6.78. The first-order valence-corrected chi connectivity index (χ1v) is 8.90. The number of anilines is 1. The number of benzene rings is 1. The second kappa shape index (κ2) is 8.07. The average Bonchev–Trinajstić information content (AvgIpc) is 3.02. The third-order valence-electron chi connectivity index (χ3n) is 3.95. The quantitative estimate of drug-likeness (QED) is 0.684. The van der Waals surface area contributed by atoms with Gasteiger partial charge in [-0.1, -0.05) is 29.5 Å². The third kappa shape index (κ3) is 4.55.